The Morgan fingerprint density at radius 1 is 1.26 bits per heavy atom. The number of hydrogen-bond acceptors (Lipinski definition) is 4. The Morgan fingerprint density at radius 2 is 1.96 bits per heavy atom. The number of ether oxygens (including phenoxy) is 1. The molecule has 1 aromatic carbocycles. The normalized spacial score (nSPS) is 20.0. The summed E-state index contributed by atoms with van der Waals surface area (Å²) in [4.78, 5) is 23.2. The number of aliphatic carboxylic acids is 1. The van der Waals surface area contributed by atoms with Gasteiger partial charge in [0.15, 0.2) is 0 Å². The number of benzene rings is 1. The average molecular weight is 315 g/mol. The summed E-state index contributed by atoms with van der Waals surface area (Å²) in [5.41, 5.74) is 13.4. The quantitative estimate of drug-likeness (QED) is 0.508. The molecule has 23 heavy (non-hydrogen) atoms. The van der Waals surface area contributed by atoms with Gasteiger partial charge in [-0.2, -0.15) is 0 Å². The molecular formula is C18H21NO4. The van der Waals surface area contributed by atoms with Gasteiger partial charge in [0.05, 0.1) is 17.2 Å². The fourth-order valence-corrected chi connectivity index (χ4v) is 3.68. The van der Waals surface area contributed by atoms with Gasteiger partial charge >= 0.3 is 11.9 Å². The van der Waals surface area contributed by atoms with Crippen LogP contribution in [0, 0.1) is 19.8 Å². The first-order chi connectivity index (χ1) is 10.8. The topological polar surface area (TPSA) is 89.6 Å². The number of nitrogen functional groups attached to an aromatic ring is 1. The van der Waals surface area contributed by atoms with Gasteiger partial charge in [-0.05, 0) is 56.7 Å². The summed E-state index contributed by atoms with van der Waals surface area (Å²) < 4.78 is 5.13. The maximum atomic E-state index is 12.0. The molecule has 1 aliphatic heterocycles. The van der Waals surface area contributed by atoms with Gasteiger partial charge < -0.3 is 15.6 Å². The van der Waals surface area contributed by atoms with Crippen molar-refractivity contribution in [2.24, 2.45) is 5.92 Å². The van der Waals surface area contributed by atoms with E-state index in [4.69, 9.17) is 10.5 Å². The molecule has 2 aliphatic rings. The number of hydrogen-bond donors (Lipinski definition) is 2. The number of esters is 1. The zero-order valence-electron chi connectivity index (χ0n) is 13.7. The highest BCUT2D eigenvalue weighted by molar-refractivity contribution is 6.00. The van der Waals surface area contributed by atoms with Crippen LogP contribution in [0.2, 0.25) is 0 Å². The van der Waals surface area contributed by atoms with Gasteiger partial charge in [0.25, 0.3) is 0 Å². The van der Waals surface area contributed by atoms with E-state index in [-0.39, 0.29) is 18.5 Å². The van der Waals surface area contributed by atoms with Gasteiger partial charge in [0.1, 0.15) is 6.61 Å². The van der Waals surface area contributed by atoms with Crippen LogP contribution in [0.3, 0.4) is 0 Å². The number of rotatable bonds is 3. The number of nitrogens with two attached hydrogens (primary N) is 1. The summed E-state index contributed by atoms with van der Waals surface area (Å²) >= 11 is 0. The third-order valence-electron chi connectivity index (χ3n) is 5.30. The monoisotopic (exact) mass is 315 g/mol. The molecule has 0 amide bonds. The first kappa shape index (κ1) is 15.6. The van der Waals surface area contributed by atoms with Crippen LogP contribution in [0.4, 0.5) is 5.69 Å². The Hall–Kier alpha value is -2.30. The summed E-state index contributed by atoms with van der Waals surface area (Å²) in [7, 11) is 0. The van der Waals surface area contributed by atoms with E-state index >= 15 is 0 Å². The second-order valence-corrected chi connectivity index (χ2v) is 6.58. The molecule has 1 atom stereocenters. The molecule has 122 valence electrons. The van der Waals surface area contributed by atoms with Crippen molar-refractivity contribution in [3.8, 4) is 0 Å². The lowest BCUT2D eigenvalue weighted by molar-refractivity contribution is -0.141. The summed E-state index contributed by atoms with van der Waals surface area (Å²) in [6, 6.07) is 0. The van der Waals surface area contributed by atoms with Crippen LogP contribution >= 0.6 is 0 Å². The number of carbonyl (C=O) groups excluding carboxylic acids is 1. The number of carboxylic acid groups (broad SMARTS) is 1. The first-order valence-corrected chi connectivity index (χ1v) is 7.79. The molecule has 0 radical (unpaired) electrons. The summed E-state index contributed by atoms with van der Waals surface area (Å²) in [5.74, 6) is -1.45. The van der Waals surface area contributed by atoms with Crippen LogP contribution in [-0.4, -0.2) is 17.0 Å². The minimum atomic E-state index is -0.752. The van der Waals surface area contributed by atoms with Crippen LogP contribution < -0.4 is 5.73 Å². The fraction of sp³-hybridized carbons (Fsp3) is 0.444. The van der Waals surface area contributed by atoms with Gasteiger partial charge in [-0.1, -0.05) is 11.1 Å². The lowest BCUT2D eigenvalue weighted by Gasteiger charge is -2.17. The van der Waals surface area contributed by atoms with E-state index in [1.165, 1.54) is 0 Å². The molecule has 5 heteroatoms. The van der Waals surface area contributed by atoms with Crippen molar-refractivity contribution < 1.29 is 19.4 Å². The van der Waals surface area contributed by atoms with Crippen LogP contribution in [-0.2, 0) is 22.6 Å². The largest absolute Gasteiger partial charge is 0.481 e. The van der Waals surface area contributed by atoms with Crippen molar-refractivity contribution in [1.82, 2.24) is 0 Å². The van der Waals surface area contributed by atoms with Crippen molar-refractivity contribution in [2.75, 3.05) is 5.73 Å². The zero-order chi connectivity index (χ0) is 16.9. The van der Waals surface area contributed by atoms with Crippen LogP contribution in [0.15, 0.2) is 11.1 Å². The van der Waals surface area contributed by atoms with Crippen LogP contribution in [0.1, 0.15) is 52.4 Å². The van der Waals surface area contributed by atoms with Gasteiger partial charge in [-0.15, -0.1) is 0 Å². The van der Waals surface area contributed by atoms with Crippen molar-refractivity contribution in [3.05, 3.63) is 39.0 Å². The van der Waals surface area contributed by atoms with E-state index in [0.717, 1.165) is 33.4 Å². The second-order valence-electron chi connectivity index (χ2n) is 6.58. The number of carbonyl (C=O) groups is 2. The molecule has 0 fully saturated rings. The lowest BCUT2D eigenvalue weighted by Crippen LogP contribution is -2.11. The van der Waals surface area contributed by atoms with Gasteiger partial charge in [0, 0.05) is 5.56 Å². The third kappa shape index (κ3) is 2.40. The van der Waals surface area contributed by atoms with E-state index in [1.54, 1.807) is 0 Å². The maximum Gasteiger partial charge on any atom is 0.341 e. The molecule has 1 aromatic rings. The Kier molecular flexibility index (Phi) is 3.66. The van der Waals surface area contributed by atoms with Crippen molar-refractivity contribution in [2.45, 2.75) is 46.6 Å². The smallest absolute Gasteiger partial charge is 0.341 e. The Labute approximate surface area is 135 Å². The molecule has 0 aromatic heterocycles. The van der Waals surface area contributed by atoms with Gasteiger partial charge in [-0.3, -0.25) is 4.79 Å². The molecular weight excluding hydrogens is 294 g/mol. The molecule has 0 bridgehead atoms. The van der Waals surface area contributed by atoms with Crippen molar-refractivity contribution >= 4 is 17.6 Å². The molecule has 1 aliphatic carbocycles. The number of allylic oxidation sites excluding steroid dienone is 2. The predicted molar refractivity (Wildman–Crippen MR) is 86.2 cm³/mol. The fourth-order valence-electron chi connectivity index (χ4n) is 3.68. The summed E-state index contributed by atoms with van der Waals surface area (Å²) in [6.45, 7) is 6.26. The molecule has 0 unspecified atom stereocenters. The molecule has 0 saturated carbocycles. The number of cyclic esters (lactones) is 1. The number of carboxylic acids is 1. The van der Waals surface area contributed by atoms with Crippen molar-refractivity contribution in [3.63, 3.8) is 0 Å². The minimum absolute atomic E-state index is 0.286. The molecule has 0 saturated heterocycles. The summed E-state index contributed by atoms with van der Waals surface area (Å²) in [6.07, 6.45) is 1.75. The Bertz CT molecular complexity index is 761. The molecule has 0 spiro atoms. The SMILES string of the molecule is CC1=C(Cc2c(C)c(C)c3c(c2N)C(=O)OC3)C[C@@H](C(=O)O)C1. The highest BCUT2D eigenvalue weighted by Gasteiger charge is 2.32. The molecule has 5 nitrogen and oxygen atoms in total. The van der Waals surface area contributed by atoms with Gasteiger partial charge in [0.2, 0.25) is 0 Å². The van der Waals surface area contributed by atoms with Gasteiger partial charge in [-0.25, -0.2) is 4.79 Å². The molecule has 3 N–H and O–H groups in total. The van der Waals surface area contributed by atoms with E-state index < -0.39 is 5.97 Å². The van der Waals surface area contributed by atoms with Crippen LogP contribution in [0.5, 0.6) is 0 Å². The number of anilines is 1. The second kappa shape index (κ2) is 5.41. The highest BCUT2D eigenvalue weighted by Crippen LogP contribution is 2.39. The maximum absolute atomic E-state index is 12.0. The van der Waals surface area contributed by atoms with E-state index in [2.05, 4.69) is 0 Å². The minimum Gasteiger partial charge on any atom is -0.481 e. The van der Waals surface area contributed by atoms with E-state index in [0.29, 0.717) is 30.5 Å². The summed E-state index contributed by atoms with van der Waals surface area (Å²) in [5, 5.41) is 9.22. The van der Waals surface area contributed by atoms with Crippen molar-refractivity contribution in [1.29, 1.82) is 0 Å². The lowest BCUT2D eigenvalue weighted by atomic mass is 9.88. The third-order valence-corrected chi connectivity index (χ3v) is 5.30. The van der Waals surface area contributed by atoms with E-state index in [9.17, 15) is 14.7 Å². The molecule has 1 heterocycles. The highest BCUT2D eigenvalue weighted by atomic mass is 16.5. The predicted octanol–water partition coefficient (Wildman–Crippen LogP) is 2.91. The Morgan fingerprint density at radius 3 is 2.57 bits per heavy atom. The average Bonchev–Trinajstić information content (AvgIpc) is 3.05. The standard InChI is InChI=1S/C18H21NO4/c1-8-4-12(17(20)21)5-11(8)6-13-9(2)10(3)14-7-23-18(22)15(14)16(13)19/h12H,4-7,19H2,1-3H3,(H,20,21)/t12-/m0/s1. The van der Waals surface area contributed by atoms with E-state index in [1.807, 2.05) is 20.8 Å². The first-order valence-electron chi connectivity index (χ1n) is 7.79. The number of fused-ring (bicyclic) bond motifs is 1. The molecule has 3 rings (SSSR count). The Balaban J connectivity index is 2.01. The van der Waals surface area contributed by atoms with Crippen LogP contribution in [0.25, 0.3) is 0 Å². The zero-order valence-corrected chi connectivity index (χ0v) is 13.7.